The Hall–Kier alpha value is -0.340. The third kappa shape index (κ3) is 5.33. The number of hydrogen-bond acceptors (Lipinski definition) is 2. The van der Waals surface area contributed by atoms with Crippen LogP contribution in [0.15, 0.2) is 12.2 Å². The summed E-state index contributed by atoms with van der Waals surface area (Å²) in [5.74, 6) is 0. The van der Waals surface area contributed by atoms with E-state index in [0.29, 0.717) is 6.04 Å². The molecule has 0 radical (unpaired) electrons. The van der Waals surface area contributed by atoms with Gasteiger partial charge in [0.15, 0.2) is 0 Å². The Bertz CT molecular complexity index is 123. The first-order valence-corrected chi connectivity index (χ1v) is 4.62. The van der Waals surface area contributed by atoms with Gasteiger partial charge in [-0.15, -0.1) is 0 Å². The molecular formula is C10H21NO. The number of ether oxygens (including phenoxy) is 1. The minimum atomic E-state index is 0.404. The van der Waals surface area contributed by atoms with E-state index in [1.54, 1.807) is 0 Å². The molecule has 1 atom stereocenters. The van der Waals surface area contributed by atoms with Crippen molar-refractivity contribution in [3.8, 4) is 0 Å². The molecule has 12 heavy (non-hydrogen) atoms. The molecule has 0 bridgehead atoms. The highest BCUT2D eigenvalue weighted by atomic mass is 16.5. The van der Waals surface area contributed by atoms with Crippen LogP contribution in [0, 0.1) is 0 Å². The second-order valence-electron chi connectivity index (χ2n) is 3.09. The van der Waals surface area contributed by atoms with E-state index in [0.717, 1.165) is 26.1 Å². The lowest BCUT2D eigenvalue weighted by atomic mass is 10.1. The maximum absolute atomic E-state index is 5.38. The van der Waals surface area contributed by atoms with Crippen LogP contribution >= 0.6 is 0 Å². The molecule has 0 rings (SSSR count). The smallest absolute Gasteiger partial charge is 0.0484 e. The summed E-state index contributed by atoms with van der Waals surface area (Å²) in [5.41, 5.74) is 1.18. The van der Waals surface area contributed by atoms with Crippen LogP contribution < -0.4 is 5.32 Å². The van der Waals surface area contributed by atoms with Crippen LogP contribution in [-0.4, -0.2) is 26.3 Å². The SMILES string of the molecule is C=C(C)C(CCOCCC)NC. The van der Waals surface area contributed by atoms with Crippen LogP contribution in [0.25, 0.3) is 0 Å². The van der Waals surface area contributed by atoms with Crippen LogP contribution in [0.4, 0.5) is 0 Å². The molecule has 1 unspecified atom stereocenters. The lowest BCUT2D eigenvalue weighted by Gasteiger charge is -2.15. The Morgan fingerprint density at radius 1 is 1.50 bits per heavy atom. The van der Waals surface area contributed by atoms with Crippen LogP contribution in [0.3, 0.4) is 0 Å². The van der Waals surface area contributed by atoms with Crippen LogP contribution in [0.1, 0.15) is 26.7 Å². The predicted molar refractivity (Wildman–Crippen MR) is 53.4 cm³/mol. The van der Waals surface area contributed by atoms with Gasteiger partial charge in [0.25, 0.3) is 0 Å². The largest absolute Gasteiger partial charge is 0.381 e. The molecule has 0 saturated heterocycles. The summed E-state index contributed by atoms with van der Waals surface area (Å²) < 4.78 is 5.38. The zero-order chi connectivity index (χ0) is 9.40. The van der Waals surface area contributed by atoms with Gasteiger partial charge in [0.2, 0.25) is 0 Å². The summed E-state index contributed by atoms with van der Waals surface area (Å²) in [5, 5.41) is 3.20. The van der Waals surface area contributed by atoms with Crippen molar-refractivity contribution in [2.75, 3.05) is 20.3 Å². The van der Waals surface area contributed by atoms with E-state index in [-0.39, 0.29) is 0 Å². The van der Waals surface area contributed by atoms with Crippen LogP contribution in [0.2, 0.25) is 0 Å². The van der Waals surface area contributed by atoms with E-state index < -0.39 is 0 Å². The van der Waals surface area contributed by atoms with Crippen molar-refractivity contribution in [3.05, 3.63) is 12.2 Å². The third-order valence-corrected chi connectivity index (χ3v) is 1.84. The standard InChI is InChI=1S/C10H21NO/c1-5-7-12-8-6-10(11-4)9(2)3/h10-11H,2,5-8H2,1,3-4H3. The van der Waals surface area contributed by atoms with Crippen LogP contribution in [-0.2, 0) is 4.74 Å². The summed E-state index contributed by atoms with van der Waals surface area (Å²) in [7, 11) is 1.96. The molecule has 0 aromatic rings. The Labute approximate surface area is 76.0 Å². The normalized spacial score (nSPS) is 12.9. The van der Waals surface area contributed by atoms with Crippen molar-refractivity contribution in [2.45, 2.75) is 32.7 Å². The number of rotatable bonds is 7. The fourth-order valence-electron chi connectivity index (χ4n) is 1.08. The van der Waals surface area contributed by atoms with Gasteiger partial charge in [-0.1, -0.05) is 19.1 Å². The average Bonchev–Trinajstić information content (AvgIpc) is 2.04. The average molecular weight is 171 g/mol. The van der Waals surface area contributed by atoms with Gasteiger partial charge < -0.3 is 10.1 Å². The number of likely N-dealkylation sites (N-methyl/N-ethyl adjacent to an activating group) is 1. The van der Waals surface area contributed by atoms with E-state index in [4.69, 9.17) is 4.74 Å². The van der Waals surface area contributed by atoms with Crippen LogP contribution in [0.5, 0.6) is 0 Å². The summed E-state index contributed by atoms with van der Waals surface area (Å²) in [6, 6.07) is 0.404. The van der Waals surface area contributed by atoms with Crippen molar-refractivity contribution in [3.63, 3.8) is 0 Å². The topological polar surface area (TPSA) is 21.3 Å². The summed E-state index contributed by atoms with van der Waals surface area (Å²) >= 11 is 0. The summed E-state index contributed by atoms with van der Waals surface area (Å²) in [6.45, 7) is 9.76. The molecule has 0 aromatic carbocycles. The Kier molecular flexibility index (Phi) is 7.11. The third-order valence-electron chi connectivity index (χ3n) is 1.84. The monoisotopic (exact) mass is 171 g/mol. The highest BCUT2D eigenvalue weighted by Crippen LogP contribution is 2.02. The minimum Gasteiger partial charge on any atom is -0.381 e. The van der Waals surface area contributed by atoms with E-state index in [2.05, 4.69) is 18.8 Å². The molecule has 0 spiro atoms. The fraction of sp³-hybridized carbons (Fsp3) is 0.800. The van der Waals surface area contributed by atoms with Crippen molar-refractivity contribution in [2.24, 2.45) is 0 Å². The molecule has 2 nitrogen and oxygen atoms in total. The molecule has 0 aromatic heterocycles. The van der Waals surface area contributed by atoms with Gasteiger partial charge in [-0.2, -0.15) is 0 Å². The van der Waals surface area contributed by atoms with Gasteiger partial charge in [-0.05, 0) is 26.8 Å². The summed E-state index contributed by atoms with van der Waals surface area (Å²) in [4.78, 5) is 0. The first-order valence-electron chi connectivity index (χ1n) is 4.62. The molecule has 0 fully saturated rings. The molecule has 72 valence electrons. The van der Waals surface area contributed by atoms with E-state index in [1.165, 1.54) is 5.57 Å². The minimum absolute atomic E-state index is 0.404. The van der Waals surface area contributed by atoms with Crippen molar-refractivity contribution in [1.82, 2.24) is 5.32 Å². The molecule has 0 saturated carbocycles. The van der Waals surface area contributed by atoms with E-state index in [9.17, 15) is 0 Å². The Morgan fingerprint density at radius 3 is 2.58 bits per heavy atom. The van der Waals surface area contributed by atoms with E-state index in [1.807, 2.05) is 14.0 Å². The lowest BCUT2D eigenvalue weighted by molar-refractivity contribution is 0.128. The molecule has 0 heterocycles. The fourth-order valence-corrected chi connectivity index (χ4v) is 1.08. The van der Waals surface area contributed by atoms with Gasteiger partial charge in [-0.25, -0.2) is 0 Å². The molecular weight excluding hydrogens is 150 g/mol. The second kappa shape index (κ2) is 7.32. The van der Waals surface area contributed by atoms with Gasteiger partial charge in [-0.3, -0.25) is 0 Å². The predicted octanol–water partition coefficient (Wildman–Crippen LogP) is 1.97. The van der Waals surface area contributed by atoms with Gasteiger partial charge >= 0.3 is 0 Å². The maximum atomic E-state index is 5.38. The number of nitrogens with one attached hydrogen (secondary N) is 1. The molecule has 1 N–H and O–H groups in total. The van der Waals surface area contributed by atoms with Gasteiger partial charge in [0, 0.05) is 19.3 Å². The molecule has 0 aliphatic heterocycles. The molecule has 2 heteroatoms. The maximum Gasteiger partial charge on any atom is 0.0484 e. The molecule has 0 aliphatic carbocycles. The first-order chi connectivity index (χ1) is 5.72. The second-order valence-corrected chi connectivity index (χ2v) is 3.09. The highest BCUT2D eigenvalue weighted by molar-refractivity contribution is 5.00. The van der Waals surface area contributed by atoms with E-state index >= 15 is 0 Å². The van der Waals surface area contributed by atoms with Crippen molar-refractivity contribution >= 4 is 0 Å². The van der Waals surface area contributed by atoms with Gasteiger partial charge in [0.05, 0.1) is 0 Å². The highest BCUT2D eigenvalue weighted by Gasteiger charge is 2.04. The number of hydrogen-bond donors (Lipinski definition) is 1. The quantitative estimate of drug-likeness (QED) is 0.467. The zero-order valence-electron chi connectivity index (χ0n) is 8.52. The Morgan fingerprint density at radius 2 is 2.17 bits per heavy atom. The first kappa shape index (κ1) is 11.7. The zero-order valence-corrected chi connectivity index (χ0v) is 8.52. The summed E-state index contributed by atoms with van der Waals surface area (Å²) in [6.07, 6.45) is 2.11. The van der Waals surface area contributed by atoms with Gasteiger partial charge in [0.1, 0.15) is 0 Å². The Balaban J connectivity index is 3.38. The van der Waals surface area contributed by atoms with Crippen molar-refractivity contribution in [1.29, 1.82) is 0 Å². The molecule has 0 amide bonds. The lowest BCUT2D eigenvalue weighted by Crippen LogP contribution is -2.27. The molecule has 0 aliphatic rings. The van der Waals surface area contributed by atoms with Crippen molar-refractivity contribution < 1.29 is 4.74 Å².